The van der Waals surface area contributed by atoms with Crippen LogP contribution in [0.4, 0.5) is 4.39 Å². The Morgan fingerprint density at radius 1 is 1.25 bits per heavy atom. The molecule has 122 valence electrons. The van der Waals surface area contributed by atoms with Gasteiger partial charge < -0.3 is 9.40 Å². The maximum Gasteiger partial charge on any atom is 0.254 e. The molecular weight excluding hydrogens is 309 g/mol. The maximum atomic E-state index is 13.8. The van der Waals surface area contributed by atoms with E-state index in [1.54, 1.807) is 30.5 Å². The zero-order valence-electron chi connectivity index (χ0n) is 13.0. The van der Waals surface area contributed by atoms with Crippen LogP contribution in [0.15, 0.2) is 51.9 Å². The molecule has 0 amide bonds. The predicted octanol–water partition coefficient (Wildman–Crippen LogP) is 2.73. The second kappa shape index (κ2) is 6.05. The number of hydrogen-bond donors (Lipinski definition) is 1. The van der Waals surface area contributed by atoms with Crippen LogP contribution < -0.4 is 5.56 Å². The molecule has 1 aromatic carbocycles. The van der Waals surface area contributed by atoms with E-state index in [-0.39, 0.29) is 11.4 Å². The Hall–Kier alpha value is -2.73. The van der Waals surface area contributed by atoms with Gasteiger partial charge in [0.15, 0.2) is 11.6 Å². The summed E-state index contributed by atoms with van der Waals surface area (Å²) in [5.41, 5.74) is 1.96. The first-order valence-electron chi connectivity index (χ1n) is 7.82. The molecule has 0 saturated heterocycles. The summed E-state index contributed by atoms with van der Waals surface area (Å²) in [7, 11) is 0. The zero-order chi connectivity index (χ0) is 16.5. The Bertz CT molecular complexity index is 918. The zero-order valence-corrected chi connectivity index (χ0v) is 13.0. The SMILES string of the molecule is O=c1[nH]c(-c2ccco2)nc2c1CCN(Cc1ccccc1F)C2. The highest BCUT2D eigenvalue weighted by molar-refractivity contribution is 5.47. The van der Waals surface area contributed by atoms with E-state index in [4.69, 9.17) is 4.42 Å². The lowest BCUT2D eigenvalue weighted by molar-refractivity contribution is 0.237. The van der Waals surface area contributed by atoms with Gasteiger partial charge in [0.2, 0.25) is 0 Å². The number of rotatable bonds is 3. The molecule has 0 spiro atoms. The van der Waals surface area contributed by atoms with Crippen molar-refractivity contribution in [2.75, 3.05) is 6.54 Å². The van der Waals surface area contributed by atoms with Gasteiger partial charge in [-0.1, -0.05) is 18.2 Å². The number of fused-ring (bicyclic) bond motifs is 1. The van der Waals surface area contributed by atoms with Gasteiger partial charge in [-0.05, 0) is 24.6 Å². The summed E-state index contributed by atoms with van der Waals surface area (Å²) in [6.45, 7) is 1.71. The van der Waals surface area contributed by atoms with E-state index in [0.29, 0.717) is 48.8 Å². The van der Waals surface area contributed by atoms with Gasteiger partial charge in [0.25, 0.3) is 5.56 Å². The molecule has 0 unspecified atom stereocenters. The van der Waals surface area contributed by atoms with E-state index in [9.17, 15) is 9.18 Å². The molecule has 3 heterocycles. The van der Waals surface area contributed by atoms with Crippen LogP contribution in [-0.2, 0) is 19.5 Å². The Balaban J connectivity index is 1.62. The Kier molecular flexibility index (Phi) is 3.74. The number of halogens is 1. The van der Waals surface area contributed by atoms with E-state index >= 15 is 0 Å². The van der Waals surface area contributed by atoms with Crippen molar-refractivity contribution in [3.63, 3.8) is 0 Å². The van der Waals surface area contributed by atoms with Crippen LogP contribution in [0.3, 0.4) is 0 Å². The van der Waals surface area contributed by atoms with Gasteiger partial charge in [0, 0.05) is 30.8 Å². The third kappa shape index (κ3) is 2.76. The number of hydrogen-bond acceptors (Lipinski definition) is 4. The maximum absolute atomic E-state index is 13.8. The molecule has 0 fully saturated rings. The van der Waals surface area contributed by atoms with Crippen molar-refractivity contribution >= 4 is 0 Å². The first kappa shape index (κ1) is 14.8. The standard InChI is InChI=1S/C18H16FN3O2/c19-14-5-2-1-4-12(14)10-22-8-7-13-15(11-22)20-17(21-18(13)23)16-6-3-9-24-16/h1-6,9H,7-8,10-11H2,(H,20,21,23). The minimum Gasteiger partial charge on any atom is -0.461 e. The second-order valence-electron chi connectivity index (χ2n) is 5.87. The molecule has 1 N–H and O–H groups in total. The highest BCUT2D eigenvalue weighted by Gasteiger charge is 2.22. The lowest BCUT2D eigenvalue weighted by Gasteiger charge is -2.27. The first-order valence-corrected chi connectivity index (χ1v) is 7.82. The quantitative estimate of drug-likeness (QED) is 0.804. The Labute approximate surface area is 137 Å². The number of benzene rings is 1. The molecule has 5 nitrogen and oxygen atoms in total. The number of aromatic amines is 1. The summed E-state index contributed by atoms with van der Waals surface area (Å²) >= 11 is 0. The third-order valence-corrected chi connectivity index (χ3v) is 4.26. The molecule has 0 aliphatic carbocycles. The Morgan fingerprint density at radius 3 is 2.92 bits per heavy atom. The summed E-state index contributed by atoms with van der Waals surface area (Å²) in [5, 5.41) is 0. The normalized spacial score (nSPS) is 14.5. The minimum atomic E-state index is -0.210. The van der Waals surface area contributed by atoms with Gasteiger partial charge in [0.05, 0.1) is 12.0 Å². The van der Waals surface area contributed by atoms with Gasteiger partial charge in [-0.25, -0.2) is 9.37 Å². The van der Waals surface area contributed by atoms with Crippen molar-refractivity contribution in [1.29, 1.82) is 0 Å². The smallest absolute Gasteiger partial charge is 0.254 e. The number of nitrogens with zero attached hydrogens (tertiary/aromatic N) is 2. The van der Waals surface area contributed by atoms with Crippen molar-refractivity contribution in [3.8, 4) is 11.6 Å². The van der Waals surface area contributed by atoms with Crippen LogP contribution in [0.2, 0.25) is 0 Å². The second-order valence-corrected chi connectivity index (χ2v) is 5.87. The van der Waals surface area contributed by atoms with E-state index in [2.05, 4.69) is 14.9 Å². The van der Waals surface area contributed by atoms with Gasteiger partial charge in [-0.15, -0.1) is 0 Å². The minimum absolute atomic E-state index is 0.128. The Morgan fingerprint density at radius 2 is 2.12 bits per heavy atom. The van der Waals surface area contributed by atoms with Crippen LogP contribution in [-0.4, -0.2) is 21.4 Å². The van der Waals surface area contributed by atoms with Gasteiger partial charge in [-0.3, -0.25) is 9.69 Å². The van der Waals surface area contributed by atoms with Gasteiger partial charge in [0.1, 0.15) is 5.82 Å². The van der Waals surface area contributed by atoms with E-state index in [1.807, 2.05) is 6.07 Å². The average molecular weight is 325 g/mol. The average Bonchev–Trinajstić information content (AvgIpc) is 3.11. The molecule has 0 bridgehead atoms. The van der Waals surface area contributed by atoms with Crippen LogP contribution in [0, 0.1) is 5.82 Å². The van der Waals surface area contributed by atoms with E-state index in [0.717, 1.165) is 5.69 Å². The summed E-state index contributed by atoms with van der Waals surface area (Å²) in [6, 6.07) is 10.3. The fraction of sp³-hybridized carbons (Fsp3) is 0.222. The monoisotopic (exact) mass is 325 g/mol. The largest absolute Gasteiger partial charge is 0.461 e. The molecule has 1 aliphatic rings. The highest BCUT2D eigenvalue weighted by atomic mass is 19.1. The predicted molar refractivity (Wildman–Crippen MR) is 86.8 cm³/mol. The summed E-state index contributed by atoms with van der Waals surface area (Å²) in [5.74, 6) is 0.746. The fourth-order valence-corrected chi connectivity index (χ4v) is 3.03. The van der Waals surface area contributed by atoms with Crippen LogP contribution in [0.5, 0.6) is 0 Å². The fourth-order valence-electron chi connectivity index (χ4n) is 3.03. The molecule has 0 saturated carbocycles. The van der Waals surface area contributed by atoms with Gasteiger partial charge in [-0.2, -0.15) is 0 Å². The molecule has 1 aliphatic heterocycles. The lowest BCUT2D eigenvalue weighted by atomic mass is 10.1. The summed E-state index contributed by atoms with van der Waals surface area (Å²) in [4.78, 5) is 21.7. The molecule has 0 atom stereocenters. The lowest BCUT2D eigenvalue weighted by Crippen LogP contribution is -2.35. The molecule has 4 rings (SSSR count). The van der Waals surface area contributed by atoms with Crippen LogP contribution >= 0.6 is 0 Å². The van der Waals surface area contributed by atoms with Crippen LogP contribution in [0.25, 0.3) is 11.6 Å². The van der Waals surface area contributed by atoms with Crippen molar-refractivity contribution in [2.45, 2.75) is 19.5 Å². The third-order valence-electron chi connectivity index (χ3n) is 4.26. The number of H-pyrrole nitrogens is 1. The molecule has 3 aromatic rings. The number of furan rings is 1. The summed E-state index contributed by atoms with van der Waals surface area (Å²) in [6.07, 6.45) is 2.14. The van der Waals surface area contributed by atoms with Crippen LogP contribution in [0.1, 0.15) is 16.8 Å². The topological polar surface area (TPSA) is 62.1 Å². The molecular formula is C18H16FN3O2. The molecule has 0 radical (unpaired) electrons. The molecule has 24 heavy (non-hydrogen) atoms. The van der Waals surface area contributed by atoms with Crippen molar-refractivity contribution in [3.05, 3.63) is 75.7 Å². The van der Waals surface area contributed by atoms with E-state index < -0.39 is 0 Å². The number of nitrogens with one attached hydrogen (secondary N) is 1. The van der Waals surface area contributed by atoms with Gasteiger partial charge >= 0.3 is 0 Å². The molecule has 6 heteroatoms. The summed E-state index contributed by atoms with van der Waals surface area (Å²) < 4.78 is 19.2. The van der Waals surface area contributed by atoms with Crippen molar-refractivity contribution < 1.29 is 8.81 Å². The first-order chi connectivity index (χ1) is 11.7. The van der Waals surface area contributed by atoms with Crippen molar-refractivity contribution in [1.82, 2.24) is 14.9 Å². The molecule has 2 aromatic heterocycles. The number of aromatic nitrogens is 2. The van der Waals surface area contributed by atoms with E-state index in [1.165, 1.54) is 6.07 Å². The highest BCUT2D eigenvalue weighted by Crippen LogP contribution is 2.20. The van der Waals surface area contributed by atoms with Crippen molar-refractivity contribution in [2.24, 2.45) is 0 Å².